The second-order valence-electron chi connectivity index (χ2n) is 6.54. The van der Waals surface area contributed by atoms with Gasteiger partial charge in [-0.15, -0.1) is 0 Å². The van der Waals surface area contributed by atoms with Gasteiger partial charge in [0.2, 0.25) is 5.91 Å². The van der Waals surface area contributed by atoms with Gasteiger partial charge in [0.1, 0.15) is 5.82 Å². The predicted molar refractivity (Wildman–Crippen MR) is 101 cm³/mol. The van der Waals surface area contributed by atoms with Crippen molar-refractivity contribution in [1.82, 2.24) is 14.8 Å². The zero-order valence-electron chi connectivity index (χ0n) is 15.0. The number of anilines is 1. The zero-order chi connectivity index (χ0) is 17.6. The van der Waals surface area contributed by atoms with Crippen LogP contribution in [0, 0.1) is 0 Å². The van der Waals surface area contributed by atoms with Crippen LogP contribution in [0.1, 0.15) is 18.5 Å². The van der Waals surface area contributed by atoms with E-state index in [-0.39, 0.29) is 11.9 Å². The van der Waals surface area contributed by atoms with Gasteiger partial charge in [0.25, 0.3) is 0 Å². The Morgan fingerprint density at radius 2 is 1.76 bits per heavy atom. The second-order valence-corrected chi connectivity index (χ2v) is 6.54. The first-order valence-electron chi connectivity index (χ1n) is 8.84. The quantitative estimate of drug-likeness (QED) is 0.839. The van der Waals surface area contributed by atoms with E-state index in [1.165, 1.54) is 5.56 Å². The molecule has 132 valence electrons. The summed E-state index contributed by atoms with van der Waals surface area (Å²) in [5.74, 6) is 1.19. The van der Waals surface area contributed by atoms with Crippen LogP contribution in [0.2, 0.25) is 0 Å². The molecule has 1 saturated heterocycles. The number of carbonyl (C=O) groups is 1. The van der Waals surface area contributed by atoms with Crippen molar-refractivity contribution in [2.24, 2.45) is 0 Å². The number of amides is 1. The van der Waals surface area contributed by atoms with E-state index in [1.54, 1.807) is 0 Å². The van der Waals surface area contributed by atoms with Crippen molar-refractivity contribution in [1.29, 1.82) is 0 Å². The Bertz CT molecular complexity index is 669. The normalized spacial score (nSPS) is 16.5. The summed E-state index contributed by atoms with van der Waals surface area (Å²) in [6.07, 6.45) is 1.82. The van der Waals surface area contributed by atoms with Gasteiger partial charge in [0, 0.05) is 39.4 Å². The first-order chi connectivity index (χ1) is 12.1. The number of likely N-dealkylation sites (N-methyl/N-ethyl adjacent to an activating group) is 1. The Balaban J connectivity index is 1.50. The number of piperazine rings is 1. The molecule has 1 aliphatic heterocycles. The van der Waals surface area contributed by atoms with Crippen LogP contribution in [0.15, 0.2) is 54.7 Å². The van der Waals surface area contributed by atoms with Crippen molar-refractivity contribution in [3.05, 3.63) is 60.3 Å². The molecule has 1 aromatic carbocycles. The van der Waals surface area contributed by atoms with Crippen molar-refractivity contribution in [3.8, 4) is 0 Å². The van der Waals surface area contributed by atoms with Crippen molar-refractivity contribution < 1.29 is 4.79 Å². The number of benzene rings is 1. The minimum absolute atomic E-state index is 0.0866. The summed E-state index contributed by atoms with van der Waals surface area (Å²) in [4.78, 5) is 23.4. The van der Waals surface area contributed by atoms with E-state index >= 15 is 0 Å². The van der Waals surface area contributed by atoms with Gasteiger partial charge in [-0.05, 0) is 24.6 Å². The summed E-state index contributed by atoms with van der Waals surface area (Å²) in [5.41, 5.74) is 1.17. The minimum Gasteiger partial charge on any atom is -0.354 e. The highest BCUT2D eigenvalue weighted by Crippen LogP contribution is 2.19. The Kier molecular flexibility index (Phi) is 5.66. The third kappa shape index (κ3) is 4.37. The van der Waals surface area contributed by atoms with Gasteiger partial charge < -0.3 is 9.80 Å². The van der Waals surface area contributed by atoms with E-state index in [0.29, 0.717) is 6.54 Å². The van der Waals surface area contributed by atoms with E-state index < -0.39 is 0 Å². The minimum atomic E-state index is 0.0866. The van der Waals surface area contributed by atoms with Gasteiger partial charge in [0.15, 0.2) is 0 Å². The first kappa shape index (κ1) is 17.4. The SMILES string of the molecule is C[C@H](c1ccccc1)N(C)C(=O)CN1CCN(c2ccccn2)CC1. The molecule has 5 nitrogen and oxygen atoms in total. The van der Waals surface area contributed by atoms with E-state index in [4.69, 9.17) is 0 Å². The highest BCUT2D eigenvalue weighted by molar-refractivity contribution is 5.78. The number of aromatic nitrogens is 1. The van der Waals surface area contributed by atoms with Crippen LogP contribution >= 0.6 is 0 Å². The summed E-state index contributed by atoms with van der Waals surface area (Å²) in [7, 11) is 1.89. The molecule has 5 heteroatoms. The summed E-state index contributed by atoms with van der Waals surface area (Å²) >= 11 is 0. The Labute approximate surface area is 149 Å². The number of carbonyl (C=O) groups excluding carboxylic acids is 1. The zero-order valence-corrected chi connectivity index (χ0v) is 15.0. The molecule has 0 spiro atoms. The Morgan fingerprint density at radius 1 is 1.08 bits per heavy atom. The third-order valence-electron chi connectivity index (χ3n) is 4.96. The van der Waals surface area contributed by atoms with Gasteiger partial charge in [-0.2, -0.15) is 0 Å². The van der Waals surface area contributed by atoms with Gasteiger partial charge in [-0.25, -0.2) is 4.98 Å². The standard InChI is InChI=1S/C20H26N4O/c1-17(18-8-4-3-5-9-18)22(2)20(25)16-23-12-14-24(15-13-23)19-10-6-7-11-21-19/h3-11,17H,12-16H2,1-2H3/t17-/m1/s1. The maximum absolute atomic E-state index is 12.6. The third-order valence-corrected chi connectivity index (χ3v) is 4.96. The van der Waals surface area contributed by atoms with Gasteiger partial charge in [-0.1, -0.05) is 36.4 Å². The smallest absolute Gasteiger partial charge is 0.236 e. The molecular formula is C20H26N4O. The van der Waals surface area contributed by atoms with E-state index in [1.807, 2.05) is 54.5 Å². The summed E-state index contributed by atoms with van der Waals surface area (Å²) in [5, 5.41) is 0. The number of hydrogen-bond donors (Lipinski definition) is 0. The predicted octanol–water partition coefficient (Wildman–Crippen LogP) is 2.42. The molecule has 0 radical (unpaired) electrons. The molecule has 0 saturated carbocycles. The van der Waals surface area contributed by atoms with E-state index in [9.17, 15) is 4.79 Å². The fourth-order valence-electron chi connectivity index (χ4n) is 3.15. The largest absolute Gasteiger partial charge is 0.354 e. The second kappa shape index (κ2) is 8.12. The maximum Gasteiger partial charge on any atom is 0.236 e. The molecule has 2 heterocycles. The van der Waals surface area contributed by atoms with E-state index in [2.05, 4.69) is 33.8 Å². The number of nitrogens with zero attached hydrogens (tertiary/aromatic N) is 4. The summed E-state index contributed by atoms with van der Waals surface area (Å²) in [6, 6.07) is 16.2. The molecule has 0 unspecified atom stereocenters. The van der Waals surface area contributed by atoms with Gasteiger partial charge in [-0.3, -0.25) is 9.69 Å². The number of pyridine rings is 1. The highest BCUT2D eigenvalue weighted by Gasteiger charge is 2.23. The fraction of sp³-hybridized carbons (Fsp3) is 0.400. The molecule has 0 aliphatic carbocycles. The Hall–Kier alpha value is -2.40. The fourth-order valence-corrected chi connectivity index (χ4v) is 3.15. The van der Waals surface area contributed by atoms with E-state index in [0.717, 1.165) is 32.0 Å². The van der Waals surface area contributed by atoms with Crippen LogP contribution in [0.5, 0.6) is 0 Å². The lowest BCUT2D eigenvalue weighted by Crippen LogP contribution is -2.50. The monoisotopic (exact) mass is 338 g/mol. The van der Waals surface area contributed by atoms with Crippen molar-refractivity contribution in [2.75, 3.05) is 44.7 Å². The molecule has 2 aromatic rings. The molecule has 25 heavy (non-hydrogen) atoms. The summed E-state index contributed by atoms with van der Waals surface area (Å²) in [6.45, 7) is 6.13. The maximum atomic E-state index is 12.6. The van der Waals surface area contributed by atoms with Crippen molar-refractivity contribution in [3.63, 3.8) is 0 Å². The molecule has 0 bridgehead atoms. The van der Waals surface area contributed by atoms with Crippen LogP contribution in [0.25, 0.3) is 0 Å². The molecule has 1 aromatic heterocycles. The average Bonchev–Trinajstić information content (AvgIpc) is 2.68. The van der Waals surface area contributed by atoms with Crippen molar-refractivity contribution in [2.45, 2.75) is 13.0 Å². The molecule has 1 fully saturated rings. The van der Waals surface area contributed by atoms with Crippen LogP contribution in [-0.2, 0) is 4.79 Å². The van der Waals surface area contributed by atoms with Gasteiger partial charge >= 0.3 is 0 Å². The average molecular weight is 338 g/mol. The Morgan fingerprint density at radius 3 is 2.40 bits per heavy atom. The lowest BCUT2D eigenvalue weighted by atomic mass is 10.1. The molecular weight excluding hydrogens is 312 g/mol. The van der Waals surface area contributed by atoms with Crippen LogP contribution in [0.3, 0.4) is 0 Å². The molecule has 1 amide bonds. The molecule has 1 atom stereocenters. The summed E-state index contributed by atoms with van der Waals surface area (Å²) < 4.78 is 0. The van der Waals surface area contributed by atoms with Crippen LogP contribution < -0.4 is 4.90 Å². The molecule has 1 aliphatic rings. The molecule has 0 N–H and O–H groups in total. The number of hydrogen-bond acceptors (Lipinski definition) is 4. The lowest BCUT2D eigenvalue weighted by Gasteiger charge is -2.36. The highest BCUT2D eigenvalue weighted by atomic mass is 16.2. The van der Waals surface area contributed by atoms with Crippen LogP contribution in [0.4, 0.5) is 5.82 Å². The van der Waals surface area contributed by atoms with Crippen molar-refractivity contribution >= 4 is 11.7 Å². The van der Waals surface area contributed by atoms with Gasteiger partial charge in [0.05, 0.1) is 12.6 Å². The molecule has 3 rings (SSSR count). The first-order valence-corrected chi connectivity index (χ1v) is 8.84. The number of rotatable bonds is 5. The lowest BCUT2D eigenvalue weighted by molar-refractivity contribution is -0.133. The van der Waals surface area contributed by atoms with Crippen LogP contribution in [-0.4, -0.2) is 60.5 Å². The topological polar surface area (TPSA) is 39.7 Å².